The van der Waals surface area contributed by atoms with Crippen LogP contribution in [0.4, 0.5) is 0 Å². The van der Waals surface area contributed by atoms with Gasteiger partial charge in [0, 0.05) is 17.1 Å². The van der Waals surface area contributed by atoms with Crippen LogP contribution in [-0.2, 0) is 15.2 Å². The molecule has 0 amide bonds. The van der Waals surface area contributed by atoms with Gasteiger partial charge in [-0.15, -0.1) is 11.8 Å². The molecule has 2 aliphatic carbocycles. The van der Waals surface area contributed by atoms with Crippen molar-refractivity contribution in [3.8, 4) is 0 Å². The van der Waals surface area contributed by atoms with Gasteiger partial charge in [0.05, 0.1) is 5.60 Å². The number of rotatable bonds is 4. The standard InChI is InChI=1S/C14H28O2S2Si/c1-11-10-14(17-2,18(3)15)13(16-19(4,5)6)9-7-8-12(11)13/h11-12H,7-10H2,1-6H3. The van der Waals surface area contributed by atoms with Gasteiger partial charge in [0.2, 0.25) is 0 Å². The normalized spacial score (nSPS) is 44.3. The first kappa shape index (κ1) is 16.1. The second kappa shape index (κ2) is 5.15. The predicted molar refractivity (Wildman–Crippen MR) is 88.6 cm³/mol. The lowest BCUT2D eigenvalue weighted by Gasteiger charge is -2.47. The number of fused-ring (bicyclic) bond motifs is 1. The molecule has 5 heteroatoms. The molecule has 5 unspecified atom stereocenters. The van der Waals surface area contributed by atoms with Crippen molar-refractivity contribution in [1.82, 2.24) is 0 Å². The molecule has 0 saturated heterocycles. The maximum absolute atomic E-state index is 12.6. The smallest absolute Gasteiger partial charge is 0.184 e. The quantitative estimate of drug-likeness (QED) is 0.736. The Kier molecular flexibility index (Phi) is 4.35. The monoisotopic (exact) mass is 320 g/mol. The summed E-state index contributed by atoms with van der Waals surface area (Å²) in [5.41, 5.74) is -0.129. The number of thioether (sulfide) groups is 1. The van der Waals surface area contributed by atoms with Crippen LogP contribution in [-0.4, -0.2) is 34.7 Å². The highest BCUT2D eigenvalue weighted by molar-refractivity contribution is 8.12. The second-order valence-electron chi connectivity index (χ2n) is 7.20. The molecule has 2 fully saturated rings. The fraction of sp³-hybridized carbons (Fsp3) is 1.00. The van der Waals surface area contributed by atoms with E-state index in [9.17, 15) is 4.21 Å². The largest absolute Gasteiger partial charge is 0.409 e. The van der Waals surface area contributed by atoms with Crippen molar-refractivity contribution in [2.75, 3.05) is 12.5 Å². The Hall–Kier alpha value is 0.677. The summed E-state index contributed by atoms with van der Waals surface area (Å²) in [5, 5.41) is 0. The van der Waals surface area contributed by atoms with E-state index in [4.69, 9.17) is 4.43 Å². The zero-order valence-electron chi connectivity index (χ0n) is 13.1. The van der Waals surface area contributed by atoms with Crippen molar-refractivity contribution in [2.24, 2.45) is 11.8 Å². The van der Waals surface area contributed by atoms with Crippen LogP contribution in [0.3, 0.4) is 0 Å². The summed E-state index contributed by atoms with van der Waals surface area (Å²) in [6.45, 7) is 9.14. The molecule has 2 saturated carbocycles. The molecule has 0 aromatic heterocycles. The molecule has 0 aliphatic heterocycles. The molecule has 0 radical (unpaired) electrons. The van der Waals surface area contributed by atoms with Gasteiger partial charge < -0.3 is 4.43 Å². The first-order chi connectivity index (χ1) is 8.68. The van der Waals surface area contributed by atoms with Crippen LogP contribution in [0.1, 0.15) is 32.6 Å². The van der Waals surface area contributed by atoms with Crippen LogP contribution >= 0.6 is 11.8 Å². The van der Waals surface area contributed by atoms with Gasteiger partial charge in [0.1, 0.15) is 4.08 Å². The highest BCUT2D eigenvalue weighted by atomic mass is 32.2. The Morgan fingerprint density at radius 1 is 1.37 bits per heavy atom. The predicted octanol–water partition coefficient (Wildman–Crippen LogP) is 3.85. The summed E-state index contributed by atoms with van der Waals surface area (Å²) in [6, 6.07) is 0. The van der Waals surface area contributed by atoms with Crippen molar-refractivity contribution in [3.63, 3.8) is 0 Å². The maximum Gasteiger partial charge on any atom is 0.184 e. The third kappa shape index (κ3) is 2.38. The third-order valence-corrected chi connectivity index (χ3v) is 9.66. The van der Waals surface area contributed by atoms with Crippen LogP contribution in [0, 0.1) is 11.8 Å². The third-order valence-electron chi connectivity index (χ3n) is 4.87. The first-order valence-electron chi connectivity index (χ1n) is 7.27. The topological polar surface area (TPSA) is 26.3 Å². The molecule has 112 valence electrons. The van der Waals surface area contributed by atoms with Crippen LogP contribution < -0.4 is 0 Å². The molecule has 0 aromatic rings. The molecule has 5 atom stereocenters. The summed E-state index contributed by atoms with van der Waals surface area (Å²) < 4.78 is 19.2. The van der Waals surface area contributed by atoms with Crippen LogP contribution in [0.2, 0.25) is 19.6 Å². The average Bonchev–Trinajstić information content (AvgIpc) is 2.74. The van der Waals surface area contributed by atoms with E-state index >= 15 is 0 Å². The molecule has 0 heterocycles. The number of hydrogen-bond acceptors (Lipinski definition) is 3. The van der Waals surface area contributed by atoms with Crippen LogP contribution in [0.5, 0.6) is 0 Å². The molecule has 2 rings (SSSR count). The van der Waals surface area contributed by atoms with E-state index in [1.54, 1.807) is 11.8 Å². The van der Waals surface area contributed by atoms with Gasteiger partial charge in [-0.2, -0.15) is 0 Å². The molecular formula is C14H28O2S2Si. The minimum absolute atomic E-state index is 0.129. The highest BCUT2D eigenvalue weighted by Gasteiger charge is 2.67. The van der Waals surface area contributed by atoms with Gasteiger partial charge >= 0.3 is 0 Å². The first-order valence-corrected chi connectivity index (χ1v) is 13.5. The Balaban J connectivity index is 2.51. The fourth-order valence-corrected chi connectivity index (χ4v) is 9.40. The maximum atomic E-state index is 12.6. The summed E-state index contributed by atoms with van der Waals surface area (Å²) in [4.78, 5) is 0. The fourth-order valence-electron chi connectivity index (χ4n) is 4.44. The Labute approximate surface area is 126 Å². The van der Waals surface area contributed by atoms with Gasteiger partial charge in [-0.05, 0) is 57.0 Å². The summed E-state index contributed by atoms with van der Waals surface area (Å²) in [5.74, 6) is 1.24. The van der Waals surface area contributed by atoms with Gasteiger partial charge in [-0.3, -0.25) is 4.21 Å². The lowest BCUT2D eigenvalue weighted by atomic mass is 9.90. The Bertz CT molecular complexity index is 382. The van der Waals surface area contributed by atoms with E-state index in [2.05, 4.69) is 32.8 Å². The molecule has 19 heavy (non-hydrogen) atoms. The molecule has 0 spiro atoms. The lowest BCUT2D eigenvalue weighted by molar-refractivity contribution is 0.0317. The summed E-state index contributed by atoms with van der Waals surface area (Å²) in [7, 11) is -2.49. The minimum Gasteiger partial charge on any atom is -0.409 e. The zero-order valence-corrected chi connectivity index (χ0v) is 15.7. The van der Waals surface area contributed by atoms with Crippen LogP contribution in [0.25, 0.3) is 0 Å². The molecule has 0 aromatic carbocycles. The summed E-state index contributed by atoms with van der Waals surface area (Å²) >= 11 is 1.80. The second-order valence-corrected chi connectivity index (χ2v) is 14.6. The van der Waals surface area contributed by atoms with Crippen molar-refractivity contribution in [1.29, 1.82) is 0 Å². The van der Waals surface area contributed by atoms with E-state index in [0.717, 1.165) is 12.8 Å². The van der Waals surface area contributed by atoms with Gasteiger partial charge in [0.15, 0.2) is 8.32 Å². The minimum atomic E-state index is -1.65. The molecule has 2 nitrogen and oxygen atoms in total. The number of hydrogen-bond donors (Lipinski definition) is 0. The SMILES string of the molecule is CSC1(S(C)=O)CC(C)C2CCCC21O[Si](C)(C)C. The van der Waals surface area contributed by atoms with E-state index < -0.39 is 19.1 Å². The van der Waals surface area contributed by atoms with Crippen molar-refractivity contribution < 1.29 is 8.63 Å². The molecule has 0 bridgehead atoms. The van der Waals surface area contributed by atoms with Crippen molar-refractivity contribution >= 4 is 30.9 Å². The van der Waals surface area contributed by atoms with Gasteiger partial charge in [-0.1, -0.05) is 13.3 Å². The summed E-state index contributed by atoms with van der Waals surface area (Å²) in [6.07, 6.45) is 8.66. The van der Waals surface area contributed by atoms with E-state index in [-0.39, 0.29) is 9.68 Å². The van der Waals surface area contributed by atoms with E-state index in [1.807, 2.05) is 6.26 Å². The van der Waals surface area contributed by atoms with Crippen molar-refractivity contribution in [2.45, 2.75) is 61.9 Å². The zero-order chi connectivity index (χ0) is 14.5. The molecular weight excluding hydrogens is 292 g/mol. The van der Waals surface area contributed by atoms with Gasteiger partial charge in [0.25, 0.3) is 0 Å². The van der Waals surface area contributed by atoms with Gasteiger partial charge in [-0.25, -0.2) is 0 Å². The van der Waals surface area contributed by atoms with E-state index in [0.29, 0.717) is 11.8 Å². The molecule has 0 N–H and O–H groups in total. The van der Waals surface area contributed by atoms with Crippen LogP contribution in [0.15, 0.2) is 0 Å². The highest BCUT2D eigenvalue weighted by Crippen LogP contribution is 2.64. The average molecular weight is 321 g/mol. The van der Waals surface area contributed by atoms with E-state index in [1.165, 1.54) is 12.8 Å². The Morgan fingerprint density at radius 2 is 2.00 bits per heavy atom. The Morgan fingerprint density at radius 3 is 2.47 bits per heavy atom. The van der Waals surface area contributed by atoms with Crippen molar-refractivity contribution in [3.05, 3.63) is 0 Å². The molecule has 2 aliphatic rings. The lowest BCUT2D eigenvalue weighted by Crippen LogP contribution is -2.57.